The number of nitriles is 1. The van der Waals surface area contributed by atoms with Gasteiger partial charge in [-0.05, 0) is 44.2 Å². The summed E-state index contributed by atoms with van der Waals surface area (Å²) in [5, 5.41) is 13.3. The quantitative estimate of drug-likeness (QED) is 0.641. The third-order valence-electron chi connectivity index (χ3n) is 4.13. The van der Waals surface area contributed by atoms with Gasteiger partial charge in [0.15, 0.2) is 0 Å². The standard InChI is InChI=1S/C20H20N4O2S/c1-14-3-6-18(7-4-14)27(25,26)23-10-9-22-20-17(13-21)12-16-11-15(2)5-8-19(16)24-20/h3-8,11-12,23H,9-10H2,1-2H3,(H,22,24). The molecule has 3 aromatic rings. The molecule has 2 N–H and O–H groups in total. The number of fused-ring (bicyclic) bond motifs is 1. The minimum atomic E-state index is -3.56. The molecule has 0 unspecified atom stereocenters. The summed E-state index contributed by atoms with van der Waals surface area (Å²) in [6.07, 6.45) is 0. The summed E-state index contributed by atoms with van der Waals surface area (Å²) < 4.78 is 27.1. The van der Waals surface area contributed by atoms with Gasteiger partial charge in [-0.2, -0.15) is 5.26 Å². The topological polar surface area (TPSA) is 94.9 Å². The van der Waals surface area contributed by atoms with Crippen LogP contribution in [0, 0.1) is 25.2 Å². The molecule has 7 heteroatoms. The van der Waals surface area contributed by atoms with E-state index in [2.05, 4.69) is 21.1 Å². The van der Waals surface area contributed by atoms with Crippen molar-refractivity contribution in [3.63, 3.8) is 0 Å². The highest BCUT2D eigenvalue weighted by Gasteiger charge is 2.13. The molecule has 3 rings (SSSR count). The van der Waals surface area contributed by atoms with Crippen LogP contribution in [0.4, 0.5) is 5.82 Å². The molecule has 0 radical (unpaired) electrons. The molecule has 0 aliphatic rings. The van der Waals surface area contributed by atoms with Crippen LogP contribution in [0.1, 0.15) is 16.7 Å². The molecule has 1 aromatic heterocycles. The molecular formula is C20H20N4O2S. The molecule has 0 spiro atoms. The van der Waals surface area contributed by atoms with Crippen LogP contribution >= 0.6 is 0 Å². The van der Waals surface area contributed by atoms with Crippen LogP contribution in [0.2, 0.25) is 0 Å². The number of rotatable bonds is 6. The lowest BCUT2D eigenvalue weighted by Crippen LogP contribution is -2.29. The van der Waals surface area contributed by atoms with Gasteiger partial charge >= 0.3 is 0 Å². The van der Waals surface area contributed by atoms with Crippen molar-refractivity contribution in [3.8, 4) is 6.07 Å². The zero-order valence-electron chi connectivity index (χ0n) is 15.2. The van der Waals surface area contributed by atoms with Crippen molar-refractivity contribution in [1.29, 1.82) is 5.26 Å². The van der Waals surface area contributed by atoms with Crippen molar-refractivity contribution in [2.75, 3.05) is 18.4 Å². The summed E-state index contributed by atoms with van der Waals surface area (Å²) in [5.74, 6) is 0.448. The Kier molecular flexibility index (Phi) is 5.40. The van der Waals surface area contributed by atoms with Crippen molar-refractivity contribution >= 4 is 26.7 Å². The lowest BCUT2D eigenvalue weighted by molar-refractivity contribution is 0.583. The van der Waals surface area contributed by atoms with E-state index in [0.717, 1.165) is 22.0 Å². The number of pyridine rings is 1. The number of hydrogen-bond acceptors (Lipinski definition) is 5. The normalized spacial score (nSPS) is 11.3. The summed E-state index contributed by atoms with van der Waals surface area (Å²) in [6.45, 7) is 4.37. The summed E-state index contributed by atoms with van der Waals surface area (Å²) in [7, 11) is -3.56. The number of anilines is 1. The summed E-state index contributed by atoms with van der Waals surface area (Å²) in [6, 6.07) is 16.4. The second-order valence-electron chi connectivity index (χ2n) is 6.33. The second-order valence-corrected chi connectivity index (χ2v) is 8.10. The highest BCUT2D eigenvalue weighted by atomic mass is 32.2. The number of nitrogens with zero attached hydrogens (tertiary/aromatic N) is 2. The maximum absolute atomic E-state index is 12.3. The molecule has 0 fully saturated rings. The SMILES string of the molecule is Cc1ccc(S(=O)(=O)NCCNc2nc3ccc(C)cc3cc2C#N)cc1. The molecule has 0 aliphatic carbocycles. The Bertz CT molecular complexity index is 1120. The predicted molar refractivity (Wildman–Crippen MR) is 106 cm³/mol. The van der Waals surface area contributed by atoms with Crippen molar-refractivity contribution < 1.29 is 8.42 Å². The number of aromatic nitrogens is 1. The van der Waals surface area contributed by atoms with Crippen LogP contribution in [-0.2, 0) is 10.0 Å². The summed E-state index contributed by atoms with van der Waals surface area (Å²) in [4.78, 5) is 4.70. The van der Waals surface area contributed by atoms with Gasteiger partial charge in [-0.3, -0.25) is 0 Å². The summed E-state index contributed by atoms with van der Waals surface area (Å²) >= 11 is 0. The Morgan fingerprint density at radius 3 is 2.41 bits per heavy atom. The first-order chi connectivity index (χ1) is 12.9. The van der Waals surface area contributed by atoms with E-state index in [-0.39, 0.29) is 11.4 Å². The number of nitrogens with one attached hydrogen (secondary N) is 2. The van der Waals surface area contributed by atoms with Gasteiger partial charge in [-0.25, -0.2) is 18.1 Å². The van der Waals surface area contributed by atoms with Crippen LogP contribution in [0.5, 0.6) is 0 Å². The van der Waals surface area contributed by atoms with E-state index in [0.29, 0.717) is 17.9 Å². The van der Waals surface area contributed by atoms with Gasteiger partial charge in [0.05, 0.1) is 16.0 Å². The average molecular weight is 380 g/mol. The van der Waals surface area contributed by atoms with E-state index in [1.807, 2.05) is 32.0 Å². The first-order valence-corrected chi connectivity index (χ1v) is 9.99. The van der Waals surface area contributed by atoms with Gasteiger partial charge in [-0.1, -0.05) is 29.3 Å². The Morgan fingerprint density at radius 1 is 1.00 bits per heavy atom. The highest BCUT2D eigenvalue weighted by molar-refractivity contribution is 7.89. The Hall–Kier alpha value is -2.95. The molecule has 6 nitrogen and oxygen atoms in total. The smallest absolute Gasteiger partial charge is 0.240 e. The Balaban J connectivity index is 1.67. The first kappa shape index (κ1) is 18.8. The van der Waals surface area contributed by atoms with Gasteiger partial charge in [0, 0.05) is 18.5 Å². The molecular weight excluding hydrogens is 360 g/mol. The fourth-order valence-corrected chi connectivity index (χ4v) is 3.71. The van der Waals surface area contributed by atoms with E-state index in [4.69, 9.17) is 0 Å². The van der Waals surface area contributed by atoms with Gasteiger partial charge in [0.1, 0.15) is 11.9 Å². The van der Waals surface area contributed by atoms with E-state index >= 15 is 0 Å². The zero-order valence-corrected chi connectivity index (χ0v) is 16.0. The largest absolute Gasteiger partial charge is 0.368 e. The molecule has 2 aromatic carbocycles. The van der Waals surface area contributed by atoms with Crippen LogP contribution in [0.15, 0.2) is 53.4 Å². The van der Waals surface area contributed by atoms with Gasteiger partial charge in [0.2, 0.25) is 10.0 Å². The minimum absolute atomic E-state index is 0.175. The van der Waals surface area contributed by atoms with Crippen LogP contribution in [0.3, 0.4) is 0 Å². The zero-order chi connectivity index (χ0) is 19.4. The molecule has 0 bridgehead atoms. The molecule has 0 saturated carbocycles. The molecule has 0 atom stereocenters. The number of aryl methyl sites for hydroxylation is 2. The summed E-state index contributed by atoms with van der Waals surface area (Å²) in [5.41, 5.74) is 3.30. The Labute approximate surface area is 158 Å². The number of hydrogen-bond donors (Lipinski definition) is 2. The second kappa shape index (κ2) is 7.74. The van der Waals surface area contributed by atoms with Gasteiger partial charge < -0.3 is 5.32 Å². The van der Waals surface area contributed by atoms with Gasteiger partial charge in [-0.15, -0.1) is 0 Å². The maximum atomic E-state index is 12.3. The van der Waals surface area contributed by atoms with Crippen molar-refractivity contribution in [3.05, 3.63) is 65.2 Å². The van der Waals surface area contributed by atoms with E-state index in [1.54, 1.807) is 30.3 Å². The predicted octanol–water partition coefficient (Wildman–Crippen LogP) is 3.11. The van der Waals surface area contributed by atoms with E-state index in [9.17, 15) is 13.7 Å². The first-order valence-electron chi connectivity index (χ1n) is 8.51. The lowest BCUT2D eigenvalue weighted by Gasteiger charge is -2.10. The van der Waals surface area contributed by atoms with Crippen LogP contribution in [0.25, 0.3) is 10.9 Å². The van der Waals surface area contributed by atoms with Crippen molar-refractivity contribution in [2.45, 2.75) is 18.7 Å². The molecule has 0 amide bonds. The lowest BCUT2D eigenvalue weighted by atomic mass is 10.1. The van der Waals surface area contributed by atoms with Crippen LogP contribution < -0.4 is 10.0 Å². The molecule has 27 heavy (non-hydrogen) atoms. The van der Waals surface area contributed by atoms with Crippen molar-refractivity contribution in [2.24, 2.45) is 0 Å². The highest BCUT2D eigenvalue weighted by Crippen LogP contribution is 2.21. The fourth-order valence-electron chi connectivity index (χ4n) is 2.68. The molecule has 0 saturated heterocycles. The maximum Gasteiger partial charge on any atom is 0.240 e. The van der Waals surface area contributed by atoms with Crippen molar-refractivity contribution in [1.82, 2.24) is 9.71 Å². The average Bonchev–Trinajstić information content (AvgIpc) is 2.65. The third kappa shape index (κ3) is 4.42. The Morgan fingerprint density at radius 2 is 1.70 bits per heavy atom. The molecule has 138 valence electrons. The van der Waals surface area contributed by atoms with Crippen LogP contribution in [-0.4, -0.2) is 26.5 Å². The molecule has 1 heterocycles. The minimum Gasteiger partial charge on any atom is -0.368 e. The number of sulfonamides is 1. The molecule has 0 aliphatic heterocycles. The monoisotopic (exact) mass is 380 g/mol. The third-order valence-corrected chi connectivity index (χ3v) is 5.61. The van der Waals surface area contributed by atoms with E-state index < -0.39 is 10.0 Å². The van der Waals surface area contributed by atoms with Gasteiger partial charge in [0.25, 0.3) is 0 Å². The fraction of sp³-hybridized carbons (Fsp3) is 0.200. The van der Waals surface area contributed by atoms with E-state index in [1.165, 1.54) is 0 Å². The number of benzene rings is 2.